The Hall–Kier alpha value is -1.14. The summed E-state index contributed by atoms with van der Waals surface area (Å²) in [6.45, 7) is 1.80. The van der Waals surface area contributed by atoms with Gasteiger partial charge in [0.1, 0.15) is 5.01 Å². The Kier molecular flexibility index (Phi) is 4.98. The minimum atomic E-state index is 0.00718. The van der Waals surface area contributed by atoms with E-state index < -0.39 is 0 Å². The zero-order chi connectivity index (χ0) is 15.5. The lowest BCUT2D eigenvalue weighted by Gasteiger charge is -2.10. The lowest BCUT2D eigenvalue weighted by atomic mass is 10.2. The SMILES string of the molecule is O=C(Cc1csc(-c2ccc(Cl)cc2Cl)n1)NC1CCNC1. The lowest BCUT2D eigenvalue weighted by Crippen LogP contribution is -2.37. The molecule has 4 nitrogen and oxygen atoms in total. The molecule has 7 heteroatoms. The molecule has 0 saturated carbocycles. The molecule has 0 spiro atoms. The predicted octanol–water partition coefficient (Wildman–Crippen LogP) is 3.14. The van der Waals surface area contributed by atoms with Gasteiger partial charge in [0, 0.05) is 28.6 Å². The number of amides is 1. The van der Waals surface area contributed by atoms with Crippen LogP contribution in [0.1, 0.15) is 12.1 Å². The molecule has 1 aliphatic rings. The van der Waals surface area contributed by atoms with Gasteiger partial charge in [0.2, 0.25) is 5.91 Å². The summed E-state index contributed by atoms with van der Waals surface area (Å²) in [5.41, 5.74) is 1.59. The van der Waals surface area contributed by atoms with Crippen LogP contribution in [0.15, 0.2) is 23.6 Å². The van der Waals surface area contributed by atoms with Crippen LogP contribution in [0.2, 0.25) is 10.0 Å². The largest absolute Gasteiger partial charge is 0.352 e. The van der Waals surface area contributed by atoms with Crippen molar-refractivity contribution < 1.29 is 4.79 Å². The second-order valence-corrected chi connectivity index (χ2v) is 6.90. The molecule has 1 amide bonds. The van der Waals surface area contributed by atoms with E-state index in [0.717, 1.165) is 35.8 Å². The van der Waals surface area contributed by atoms with Crippen molar-refractivity contribution in [3.8, 4) is 10.6 Å². The van der Waals surface area contributed by atoms with Crippen molar-refractivity contribution in [2.45, 2.75) is 18.9 Å². The summed E-state index contributed by atoms with van der Waals surface area (Å²) in [5.74, 6) is 0.00718. The smallest absolute Gasteiger partial charge is 0.226 e. The zero-order valence-corrected chi connectivity index (χ0v) is 14.1. The van der Waals surface area contributed by atoms with E-state index in [1.54, 1.807) is 12.1 Å². The highest BCUT2D eigenvalue weighted by Gasteiger charge is 2.17. The Balaban J connectivity index is 1.66. The van der Waals surface area contributed by atoms with Crippen LogP contribution in [0.25, 0.3) is 10.6 Å². The van der Waals surface area contributed by atoms with Crippen LogP contribution in [0.5, 0.6) is 0 Å². The molecular formula is C15H15Cl2N3OS. The van der Waals surface area contributed by atoms with E-state index in [-0.39, 0.29) is 18.4 Å². The molecule has 0 aliphatic carbocycles. The monoisotopic (exact) mass is 355 g/mol. The van der Waals surface area contributed by atoms with Crippen molar-refractivity contribution in [3.05, 3.63) is 39.3 Å². The molecule has 116 valence electrons. The lowest BCUT2D eigenvalue weighted by molar-refractivity contribution is -0.121. The number of halogens is 2. The minimum Gasteiger partial charge on any atom is -0.352 e. The molecule has 1 unspecified atom stereocenters. The normalized spacial score (nSPS) is 17.6. The van der Waals surface area contributed by atoms with Gasteiger partial charge in [-0.15, -0.1) is 11.3 Å². The topological polar surface area (TPSA) is 54.0 Å². The maximum Gasteiger partial charge on any atom is 0.226 e. The molecule has 22 heavy (non-hydrogen) atoms. The summed E-state index contributed by atoms with van der Waals surface area (Å²) in [6.07, 6.45) is 1.27. The second kappa shape index (κ2) is 6.96. The highest BCUT2D eigenvalue weighted by Crippen LogP contribution is 2.32. The molecular weight excluding hydrogens is 341 g/mol. The third-order valence-electron chi connectivity index (χ3n) is 3.48. The quantitative estimate of drug-likeness (QED) is 0.885. The van der Waals surface area contributed by atoms with Crippen molar-refractivity contribution in [2.75, 3.05) is 13.1 Å². The second-order valence-electron chi connectivity index (χ2n) is 5.20. The Labute approximate surface area is 142 Å². The minimum absolute atomic E-state index is 0.00718. The predicted molar refractivity (Wildman–Crippen MR) is 90.7 cm³/mol. The fourth-order valence-corrected chi connectivity index (χ4v) is 3.81. The molecule has 2 heterocycles. The van der Waals surface area contributed by atoms with E-state index in [4.69, 9.17) is 23.2 Å². The molecule has 1 fully saturated rings. The summed E-state index contributed by atoms with van der Waals surface area (Å²) in [7, 11) is 0. The van der Waals surface area contributed by atoms with Gasteiger partial charge in [0.15, 0.2) is 0 Å². The van der Waals surface area contributed by atoms with Gasteiger partial charge in [-0.2, -0.15) is 0 Å². The highest BCUT2D eigenvalue weighted by molar-refractivity contribution is 7.13. The number of aromatic nitrogens is 1. The zero-order valence-electron chi connectivity index (χ0n) is 11.7. The fraction of sp³-hybridized carbons (Fsp3) is 0.333. The molecule has 0 radical (unpaired) electrons. The maximum atomic E-state index is 12.0. The van der Waals surface area contributed by atoms with E-state index in [9.17, 15) is 4.79 Å². The van der Waals surface area contributed by atoms with Crippen molar-refractivity contribution >= 4 is 40.4 Å². The van der Waals surface area contributed by atoms with Gasteiger partial charge in [0.05, 0.1) is 17.1 Å². The van der Waals surface area contributed by atoms with Crippen molar-refractivity contribution in [2.24, 2.45) is 0 Å². The van der Waals surface area contributed by atoms with Gasteiger partial charge in [-0.3, -0.25) is 4.79 Å². The van der Waals surface area contributed by atoms with Gasteiger partial charge in [-0.1, -0.05) is 23.2 Å². The number of carbonyl (C=O) groups is 1. The summed E-state index contributed by atoms with van der Waals surface area (Å²) < 4.78 is 0. The number of nitrogens with one attached hydrogen (secondary N) is 2. The Bertz CT molecular complexity index is 683. The molecule has 0 bridgehead atoms. The van der Waals surface area contributed by atoms with E-state index in [1.807, 2.05) is 11.4 Å². The number of rotatable bonds is 4. The number of hydrogen-bond donors (Lipinski definition) is 2. The molecule has 1 aliphatic heterocycles. The molecule has 1 atom stereocenters. The summed E-state index contributed by atoms with van der Waals surface area (Å²) in [4.78, 5) is 16.5. The maximum absolute atomic E-state index is 12.0. The molecule has 2 aromatic rings. The standard InChI is InChI=1S/C15H15Cl2N3OS/c16-9-1-2-12(13(17)5-9)15-20-11(8-22-15)6-14(21)19-10-3-4-18-7-10/h1-2,5,8,10,18H,3-4,6-7H2,(H,19,21). The van der Waals surface area contributed by atoms with Crippen molar-refractivity contribution in [1.82, 2.24) is 15.6 Å². The van der Waals surface area contributed by atoms with Crippen LogP contribution >= 0.6 is 34.5 Å². The summed E-state index contributed by atoms with van der Waals surface area (Å²) in [6, 6.07) is 5.55. The first-order valence-corrected chi connectivity index (χ1v) is 8.65. The van der Waals surface area contributed by atoms with E-state index in [1.165, 1.54) is 11.3 Å². The summed E-state index contributed by atoms with van der Waals surface area (Å²) in [5, 5.41) is 10.1. The van der Waals surface area contributed by atoms with Gasteiger partial charge >= 0.3 is 0 Å². The average molecular weight is 356 g/mol. The van der Waals surface area contributed by atoms with Crippen molar-refractivity contribution in [1.29, 1.82) is 0 Å². The first kappa shape index (κ1) is 15.7. The van der Waals surface area contributed by atoms with Crippen LogP contribution in [0, 0.1) is 0 Å². The average Bonchev–Trinajstić information content (AvgIpc) is 3.10. The first-order chi connectivity index (χ1) is 10.6. The van der Waals surface area contributed by atoms with Gasteiger partial charge in [0.25, 0.3) is 0 Å². The van der Waals surface area contributed by atoms with Crippen LogP contribution in [-0.4, -0.2) is 30.0 Å². The van der Waals surface area contributed by atoms with Gasteiger partial charge < -0.3 is 10.6 Å². The Morgan fingerprint density at radius 3 is 3.05 bits per heavy atom. The van der Waals surface area contributed by atoms with E-state index in [0.29, 0.717) is 10.0 Å². The number of thiazole rings is 1. The van der Waals surface area contributed by atoms with E-state index in [2.05, 4.69) is 15.6 Å². The van der Waals surface area contributed by atoms with Crippen LogP contribution in [0.4, 0.5) is 0 Å². The molecule has 3 rings (SSSR count). The van der Waals surface area contributed by atoms with Gasteiger partial charge in [-0.05, 0) is 31.2 Å². The molecule has 1 aromatic carbocycles. The molecule has 1 aromatic heterocycles. The number of carbonyl (C=O) groups excluding carboxylic acids is 1. The highest BCUT2D eigenvalue weighted by atomic mass is 35.5. The number of hydrogen-bond acceptors (Lipinski definition) is 4. The Morgan fingerprint density at radius 2 is 2.32 bits per heavy atom. The van der Waals surface area contributed by atoms with Crippen LogP contribution in [0.3, 0.4) is 0 Å². The van der Waals surface area contributed by atoms with Crippen LogP contribution < -0.4 is 10.6 Å². The number of benzene rings is 1. The summed E-state index contributed by atoms with van der Waals surface area (Å²) >= 11 is 13.6. The van der Waals surface area contributed by atoms with Gasteiger partial charge in [-0.25, -0.2) is 4.98 Å². The third-order valence-corrected chi connectivity index (χ3v) is 4.95. The van der Waals surface area contributed by atoms with E-state index >= 15 is 0 Å². The fourth-order valence-electron chi connectivity index (χ4n) is 2.40. The van der Waals surface area contributed by atoms with Crippen LogP contribution in [-0.2, 0) is 11.2 Å². The third kappa shape index (κ3) is 3.79. The number of nitrogens with zero attached hydrogens (tertiary/aromatic N) is 1. The first-order valence-electron chi connectivity index (χ1n) is 7.02. The molecule has 2 N–H and O–H groups in total. The molecule has 1 saturated heterocycles. The van der Waals surface area contributed by atoms with Crippen molar-refractivity contribution in [3.63, 3.8) is 0 Å². The Morgan fingerprint density at radius 1 is 1.45 bits per heavy atom.